The second-order valence-corrected chi connectivity index (χ2v) is 4.25. The van der Waals surface area contributed by atoms with Gasteiger partial charge in [0, 0.05) is 19.6 Å². The molecule has 0 bridgehead atoms. The smallest absolute Gasteiger partial charge is 0.121 e. The lowest BCUT2D eigenvalue weighted by Gasteiger charge is -2.26. The largest absolute Gasteiger partial charge is 0.468 e. The van der Waals surface area contributed by atoms with Gasteiger partial charge in [-0.05, 0) is 18.6 Å². The molecule has 1 fully saturated rings. The highest BCUT2D eigenvalue weighted by Crippen LogP contribution is 2.24. The molecule has 2 rings (SSSR count). The Morgan fingerprint density at radius 1 is 1.40 bits per heavy atom. The first kappa shape index (κ1) is 11.0. The zero-order valence-electron chi connectivity index (χ0n) is 8.69. The van der Waals surface area contributed by atoms with Crippen LogP contribution in [-0.4, -0.2) is 37.7 Å². The Labute approximate surface area is 95.0 Å². The van der Waals surface area contributed by atoms with E-state index in [-0.39, 0.29) is 5.38 Å². The Hall–Kier alpha value is -0.510. The molecular weight excluding hydrogens is 214 g/mol. The summed E-state index contributed by atoms with van der Waals surface area (Å²) in [6.45, 7) is 4.73. The molecule has 0 aliphatic carbocycles. The Morgan fingerprint density at radius 2 is 2.20 bits per heavy atom. The summed E-state index contributed by atoms with van der Waals surface area (Å²) in [7, 11) is 0. The van der Waals surface area contributed by atoms with E-state index in [1.54, 1.807) is 6.26 Å². The molecule has 0 saturated carbocycles. The third-order valence-corrected chi connectivity index (χ3v) is 3.09. The van der Waals surface area contributed by atoms with Gasteiger partial charge in [0.2, 0.25) is 0 Å². The van der Waals surface area contributed by atoms with Crippen molar-refractivity contribution < 1.29 is 9.15 Å². The molecule has 1 aromatic rings. The maximum Gasteiger partial charge on any atom is 0.121 e. The molecular formula is C11H16ClNO2. The van der Waals surface area contributed by atoms with Gasteiger partial charge in [-0.2, -0.15) is 0 Å². The van der Waals surface area contributed by atoms with Gasteiger partial charge >= 0.3 is 0 Å². The molecule has 0 aromatic carbocycles. The number of hydrogen-bond acceptors (Lipinski definition) is 3. The minimum absolute atomic E-state index is 0.0113. The fourth-order valence-electron chi connectivity index (χ4n) is 1.73. The fourth-order valence-corrected chi connectivity index (χ4v) is 1.95. The lowest BCUT2D eigenvalue weighted by atomic mass is 10.2. The topological polar surface area (TPSA) is 25.6 Å². The molecule has 2 heterocycles. The second-order valence-electron chi connectivity index (χ2n) is 3.73. The van der Waals surface area contributed by atoms with Crippen LogP contribution in [0.4, 0.5) is 0 Å². The molecule has 15 heavy (non-hydrogen) atoms. The zero-order chi connectivity index (χ0) is 10.5. The van der Waals surface area contributed by atoms with Gasteiger partial charge in [-0.15, -0.1) is 11.6 Å². The van der Waals surface area contributed by atoms with Crippen LogP contribution in [0.25, 0.3) is 0 Å². The van der Waals surface area contributed by atoms with Crippen LogP contribution in [0.3, 0.4) is 0 Å². The minimum atomic E-state index is -0.0113. The van der Waals surface area contributed by atoms with E-state index >= 15 is 0 Å². The van der Waals surface area contributed by atoms with Crippen LogP contribution in [0.5, 0.6) is 0 Å². The number of ether oxygens (including phenoxy) is 1. The first-order chi connectivity index (χ1) is 7.36. The van der Waals surface area contributed by atoms with Crippen molar-refractivity contribution >= 4 is 11.6 Å². The number of halogens is 1. The van der Waals surface area contributed by atoms with Gasteiger partial charge in [0.15, 0.2) is 0 Å². The van der Waals surface area contributed by atoms with Crippen molar-refractivity contribution in [3.8, 4) is 0 Å². The summed E-state index contributed by atoms with van der Waals surface area (Å²) in [5, 5.41) is -0.0113. The first-order valence-electron chi connectivity index (χ1n) is 5.34. The van der Waals surface area contributed by atoms with Crippen LogP contribution >= 0.6 is 11.6 Å². The van der Waals surface area contributed by atoms with Crippen LogP contribution in [0.15, 0.2) is 22.8 Å². The number of hydrogen-bond donors (Lipinski definition) is 0. The van der Waals surface area contributed by atoms with Crippen LogP contribution in [0.1, 0.15) is 17.6 Å². The number of furan rings is 1. The SMILES string of the molecule is ClC(CCN1CCOCC1)c1ccco1. The average Bonchev–Trinajstić information content (AvgIpc) is 2.81. The number of morpholine rings is 1. The van der Waals surface area contributed by atoms with Gasteiger partial charge in [0.25, 0.3) is 0 Å². The van der Waals surface area contributed by atoms with Crippen molar-refractivity contribution in [3.63, 3.8) is 0 Å². The fraction of sp³-hybridized carbons (Fsp3) is 0.636. The van der Waals surface area contributed by atoms with E-state index in [1.165, 1.54) is 0 Å². The molecule has 0 spiro atoms. The minimum Gasteiger partial charge on any atom is -0.468 e. The molecule has 0 N–H and O–H groups in total. The Bertz CT molecular complexity index is 270. The van der Waals surface area contributed by atoms with Gasteiger partial charge in [0.05, 0.1) is 24.9 Å². The van der Waals surface area contributed by atoms with E-state index in [0.717, 1.165) is 45.0 Å². The molecule has 1 saturated heterocycles. The lowest BCUT2D eigenvalue weighted by molar-refractivity contribution is 0.0371. The molecule has 1 aliphatic rings. The molecule has 1 atom stereocenters. The van der Waals surface area contributed by atoms with Crippen LogP contribution < -0.4 is 0 Å². The maximum atomic E-state index is 6.22. The van der Waals surface area contributed by atoms with Crippen LogP contribution in [-0.2, 0) is 4.74 Å². The third-order valence-electron chi connectivity index (χ3n) is 2.65. The predicted molar refractivity (Wildman–Crippen MR) is 59.2 cm³/mol. The lowest BCUT2D eigenvalue weighted by Crippen LogP contribution is -2.37. The molecule has 3 nitrogen and oxygen atoms in total. The van der Waals surface area contributed by atoms with Crippen molar-refractivity contribution in [1.29, 1.82) is 0 Å². The van der Waals surface area contributed by atoms with Crippen molar-refractivity contribution in [2.24, 2.45) is 0 Å². The molecule has 1 aromatic heterocycles. The highest BCUT2D eigenvalue weighted by atomic mass is 35.5. The molecule has 1 unspecified atom stereocenters. The van der Waals surface area contributed by atoms with Crippen molar-refractivity contribution in [2.45, 2.75) is 11.8 Å². The van der Waals surface area contributed by atoms with Crippen molar-refractivity contribution in [1.82, 2.24) is 4.90 Å². The summed E-state index contributed by atoms with van der Waals surface area (Å²) < 4.78 is 10.5. The van der Waals surface area contributed by atoms with E-state index in [9.17, 15) is 0 Å². The summed E-state index contributed by atoms with van der Waals surface area (Å²) in [6.07, 6.45) is 2.59. The predicted octanol–water partition coefficient (Wildman–Crippen LogP) is 2.28. The quantitative estimate of drug-likeness (QED) is 0.741. The molecule has 1 aliphatic heterocycles. The normalized spacial score (nSPS) is 20.3. The standard InChI is InChI=1S/C11H16ClNO2/c12-10(11-2-1-7-15-11)3-4-13-5-8-14-9-6-13/h1-2,7,10H,3-6,8-9H2. The van der Waals surface area contributed by atoms with Crippen molar-refractivity contribution in [2.75, 3.05) is 32.8 Å². The zero-order valence-corrected chi connectivity index (χ0v) is 9.45. The Morgan fingerprint density at radius 3 is 2.87 bits per heavy atom. The monoisotopic (exact) mass is 229 g/mol. The van der Waals surface area contributed by atoms with Gasteiger partial charge in [0.1, 0.15) is 5.76 Å². The van der Waals surface area contributed by atoms with Gasteiger partial charge in [-0.3, -0.25) is 4.90 Å². The number of alkyl halides is 1. The van der Waals surface area contributed by atoms with E-state index in [0.29, 0.717) is 0 Å². The molecule has 0 amide bonds. The van der Waals surface area contributed by atoms with Crippen LogP contribution in [0, 0.1) is 0 Å². The highest BCUT2D eigenvalue weighted by molar-refractivity contribution is 6.20. The summed E-state index contributed by atoms with van der Waals surface area (Å²) in [4.78, 5) is 2.38. The van der Waals surface area contributed by atoms with Gasteiger partial charge in [-0.1, -0.05) is 0 Å². The van der Waals surface area contributed by atoms with Crippen LogP contribution in [0.2, 0.25) is 0 Å². The van der Waals surface area contributed by atoms with E-state index in [2.05, 4.69) is 4.90 Å². The Balaban J connectivity index is 1.73. The summed E-state index contributed by atoms with van der Waals surface area (Å²) >= 11 is 6.22. The van der Waals surface area contributed by atoms with Gasteiger partial charge < -0.3 is 9.15 Å². The summed E-state index contributed by atoms with van der Waals surface area (Å²) in [5.41, 5.74) is 0. The highest BCUT2D eigenvalue weighted by Gasteiger charge is 2.15. The van der Waals surface area contributed by atoms with E-state index in [4.69, 9.17) is 20.8 Å². The summed E-state index contributed by atoms with van der Waals surface area (Å²) in [5.74, 6) is 0.866. The Kier molecular flexibility index (Phi) is 4.06. The van der Waals surface area contributed by atoms with Crippen molar-refractivity contribution in [3.05, 3.63) is 24.2 Å². The van der Waals surface area contributed by atoms with Gasteiger partial charge in [-0.25, -0.2) is 0 Å². The average molecular weight is 230 g/mol. The first-order valence-corrected chi connectivity index (χ1v) is 5.77. The number of rotatable bonds is 4. The molecule has 84 valence electrons. The summed E-state index contributed by atoms with van der Waals surface area (Å²) in [6, 6.07) is 3.80. The third kappa shape index (κ3) is 3.23. The number of nitrogens with zero attached hydrogens (tertiary/aromatic N) is 1. The maximum absolute atomic E-state index is 6.22. The van der Waals surface area contributed by atoms with E-state index in [1.807, 2.05) is 12.1 Å². The molecule has 4 heteroatoms. The van der Waals surface area contributed by atoms with E-state index < -0.39 is 0 Å². The second kappa shape index (κ2) is 5.54. The molecule has 0 radical (unpaired) electrons.